The SMILES string of the molecule is C=C/C=C(\C=C1/CC(O)N(CCC)C1=O)NC(=O)CCCCN[S+]([O-])C(C)(C)C. The number of aliphatic hydroxyl groups excluding tert-OH is 1. The molecule has 0 saturated carbocycles. The lowest BCUT2D eigenvalue weighted by atomic mass is 10.1. The first kappa shape index (κ1) is 25.4. The highest BCUT2D eigenvalue weighted by Gasteiger charge is 2.33. The number of carbonyl (C=O) groups excluding carboxylic acids is 2. The van der Waals surface area contributed by atoms with Crippen molar-refractivity contribution in [3.63, 3.8) is 0 Å². The van der Waals surface area contributed by atoms with Crippen molar-refractivity contribution in [3.05, 3.63) is 36.1 Å². The third kappa shape index (κ3) is 8.74. The predicted molar refractivity (Wildman–Crippen MR) is 117 cm³/mol. The van der Waals surface area contributed by atoms with Gasteiger partial charge < -0.3 is 19.9 Å². The summed E-state index contributed by atoms with van der Waals surface area (Å²) in [5.41, 5.74) is 0.944. The first-order valence-electron chi connectivity index (χ1n) is 10.1. The quantitative estimate of drug-likeness (QED) is 0.204. The molecule has 29 heavy (non-hydrogen) atoms. The standard InChI is InChI=1S/C21H35N3O4S/c1-6-10-17(14-16-15-19(26)24(13-7-2)20(16)27)23-18(25)11-8-9-12-22-29(28)21(3,4)5/h6,10,14,19,22,26H,1,7-9,11-13,15H2,2-5H3,(H,23,25)/b16-14+,17-10+. The van der Waals surface area contributed by atoms with Crippen LogP contribution < -0.4 is 10.0 Å². The number of amides is 2. The van der Waals surface area contributed by atoms with Gasteiger partial charge in [0.15, 0.2) is 0 Å². The van der Waals surface area contributed by atoms with Gasteiger partial charge in [-0.25, -0.2) is 0 Å². The van der Waals surface area contributed by atoms with Crippen LogP contribution in [0.1, 0.15) is 59.8 Å². The predicted octanol–water partition coefficient (Wildman–Crippen LogP) is 2.28. The molecule has 1 saturated heterocycles. The van der Waals surface area contributed by atoms with Crippen LogP contribution in [0.2, 0.25) is 0 Å². The average Bonchev–Trinajstić information content (AvgIpc) is 2.88. The molecule has 0 aromatic heterocycles. The summed E-state index contributed by atoms with van der Waals surface area (Å²) in [7, 11) is 0. The van der Waals surface area contributed by atoms with Gasteiger partial charge in [0.1, 0.15) is 11.0 Å². The summed E-state index contributed by atoms with van der Waals surface area (Å²) in [6.45, 7) is 12.4. The number of likely N-dealkylation sites (tertiary alicyclic amines) is 1. The Bertz CT molecular complexity index is 640. The number of nitrogens with one attached hydrogen (secondary N) is 2. The number of rotatable bonds is 11. The van der Waals surface area contributed by atoms with E-state index in [0.717, 1.165) is 12.8 Å². The normalized spacial score (nSPS) is 20.3. The summed E-state index contributed by atoms with van der Waals surface area (Å²) in [4.78, 5) is 26.1. The molecule has 0 bridgehead atoms. The van der Waals surface area contributed by atoms with Gasteiger partial charge in [0.2, 0.25) is 5.91 Å². The highest BCUT2D eigenvalue weighted by atomic mass is 32.2. The maximum atomic E-state index is 12.4. The highest BCUT2D eigenvalue weighted by molar-refractivity contribution is 7.90. The minimum Gasteiger partial charge on any atom is -0.598 e. The molecular formula is C21H35N3O4S. The Morgan fingerprint density at radius 1 is 1.41 bits per heavy atom. The van der Waals surface area contributed by atoms with Gasteiger partial charge in [-0.1, -0.05) is 19.6 Å². The Labute approximate surface area is 177 Å². The summed E-state index contributed by atoms with van der Waals surface area (Å²) in [6, 6.07) is 0. The van der Waals surface area contributed by atoms with Crippen molar-refractivity contribution in [2.45, 2.75) is 70.8 Å². The molecule has 1 aliphatic rings. The van der Waals surface area contributed by atoms with Crippen LogP contribution in [-0.4, -0.2) is 50.4 Å². The van der Waals surface area contributed by atoms with Crippen molar-refractivity contribution in [2.24, 2.45) is 0 Å². The smallest absolute Gasteiger partial charge is 0.252 e. The molecular weight excluding hydrogens is 390 g/mol. The van der Waals surface area contributed by atoms with Gasteiger partial charge in [-0.05, 0) is 52.2 Å². The molecule has 1 fully saturated rings. The van der Waals surface area contributed by atoms with E-state index in [0.29, 0.717) is 37.2 Å². The lowest BCUT2D eigenvalue weighted by Gasteiger charge is -2.23. The molecule has 164 valence electrons. The molecule has 0 aromatic rings. The molecule has 1 aliphatic heterocycles. The fourth-order valence-electron chi connectivity index (χ4n) is 2.78. The van der Waals surface area contributed by atoms with E-state index in [9.17, 15) is 19.2 Å². The minimum absolute atomic E-state index is 0.164. The number of unbranched alkanes of at least 4 members (excludes halogenated alkanes) is 1. The van der Waals surface area contributed by atoms with Gasteiger partial charge in [-0.3, -0.25) is 9.59 Å². The molecule has 2 unspecified atom stereocenters. The summed E-state index contributed by atoms with van der Waals surface area (Å²) in [6.07, 6.45) is 6.65. The third-order valence-corrected chi connectivity index (χ3v) is 5.87. The van der Waals surface area contributed by atoms with Crippen molar-refractivity contribution < 1.29 is 19.2 Å². The van der Waals surface area contributed by atoms with Crippen LogP contribution >= 0.6 is 0 Å². The third-order valence-electron chi connectivity index (χ3n) is 4.29. The largest absolute Gasteiger partial charge is 0.598 e. The Morgan fingerprint density at radius 2 is 2.10 bits per heavy atom. The van der Waals surface area contributed by atoms with Gasteiger partial charge >= 0.3 is 0 Å². The summed E-state index contributed by atoms with van der Waals surface area (Å²) < 4.78 is 14.6. The maximum absolute atomic E-state index is 12.4. The summed E-state index contributed by atoms with van der Waals surface area (Å²) in [5.74, 6) is -0.371. The van der Waals surface area contributed by atoms with Crippen LogP contribution in [0.4, 0.5) is 0 Å². The average molecular weight is 426 g/mol. The van der Waals surface area contributed by atoms with Crippen molar-refractivity contribution in [3.8, 4) is 0 Å². The number of allylic oxidation sites excluding steroid dienone is 3. The number of nitrogens with zero attached hydrogens (tertiary/aromatic N) is 1. The van der Waals surface area contributed by atoms with Gasteiger partial charge in [-0.15, -0.1) is 4.72 Å². The number of hydrogen-bond donors (Lipinski definition) is 3. The molecule has 3 N–H and O–H groups in total. The van der Waals surface area contributed by atoms with Gasteiger partial charge in [-0.2, -0.15) is 0 Å². The van der Waals surface area contributed by atoms with Crippen LogP contribution in [-0.2, 0) is 21.0 Å². The highest BCUT2D eigenvalue weighted by Crippen LogP contribution is 2.23. The number of carbonyl (C=O) groups is 2. The van der Waals surface area contributed by atoms with E-state index >= 15 is 0 Å². The second-order valence-electron chi connectivity index (χ2n) is 7.99. The molecule has 0 aromatic carbocycles. The van der Waals surface area contributed by atoms with E-state index in [1.165, 1.54) is 11.0 Å². The van der Waals surface area contributed by atoms with Gasteiger partial charge in [0, 0.05) is 48.6 Å². The lowest BCUT2D eigenvalue weighted by Crippen LogP contribution is -2.39. The fraction of sp³-hybridized carbons (Fsp3) is 0.619. The first-order chi connectivity index (χ1) is 13.6. The van der Waals surface area contributed by atoms with Crippen LogP contribution in [0, 0.1) is 0 Å². The first-order valence-corrected chi connectivity index (χ1v) is 11.2. The maximum Gasteiger partial charge on any atom is 0.252 e. The Balaban J connectivity index is 2.52. The molecule has 0 aliphatic carbocycles. The second kappa shape index (κ2) is 12.2. The molecule has 1 heterocycles. The molecule has 7 nitrogen and oxygen atoms in total. The van der Waals surface area contributed by atoms with Crippen molar-refractivity contribution >= 4 is 23.2 Å². The molecule has 1 rings (SSSR count). The Hall–Kier alpha value is -1.61. The van der Waals surface area contributed by atoms with E-state index < -0.39 is 17.6 Å². The molecule has 0 radical (unpaired) electrons. The van der Waals surface area contributed by atoms with Crippen LogP contribution in [0.15, 0.2) is 36.1 Å². The summed E-state index contributed by atoms with van der Waals surface area (Å²) in [5, 5.41) is 12.8. The number of hydrogen-bond acceptors (Lipinski definition) is 5. The van der Waals surface area contributed by atoms with Crippen LogP contribution in [0.5, 0.6) is 0 Å². The zero-order chi connectivity index (χ0) is 22.0. The molecule has 2 amide bonds. The minimum atomic E-state index is -1.11. The zero-order valence-electron chi connectivity index (χ0n) is 18.0. The van der Waals surface area contributed by atoms with Gasteiger partial charge in [0.05, 0.1) is 0 Å². The van der Waals surface area contributed by atoms with Crippen LogP contribution in [0.25, 0.3) is 0 Å². The van der Waals surface area contributed by atoms with Crippen molar-refractivity contribution in [1.29, 1.82) is 0 Å². The Morgan fingerprint density at radius 3 is 2.69 bits per heavy atom. The fourth-order valence-corrected chi connectivity index (χ4v) is 3.54. The lowest BCUT2D eigenvalue weighted by molar-refractivity contribution is -0.131. The van der Waals surface area contributed by atoms with E-state index in [1.54, 1.807) is 12.2 Å². The van der Waals surface area contributed by atoms with Crippen LogP contribution in [0.3, 0.4) is 0 Å². The van der Waals surface area contributed by atoms with E-state index in [4.69, 9.17) is 0 Å². The van der Waals surface area contributed by atoms with Crippen molar-refractivity contribution in [2.75, 3.05) is 13.1 Å². The molecule has 0 spiro atoms. The monoisotopic (exact) mass is 425 g/mol. The molecule has 8 heteroatoms. The summed E-state index contributed by atoms with van der Waals surface area (Å²) >= 11 is -1.11. The topological polar surface area (TPSA) is 105 Å². The van der Waals surface area contributed by atoms with E-state index in [-0.39, 0.29) is 23.0 Å². The number of aliphatic hydroxyl groups is 1. The Kier molecular flexibility index (Phi) is 10.7. The van der Waals surface area contributed by atoms with Gasteiger partial charge in [0.25, 0.3) is 5.91 Å². The van der Waals surface area contributed by atoms with E-state index in [2.05, 4.69) is 16.6 Å². The van der Waals surface area contributed by atoms with Crippen molar-refractivity contribution in [1.82, 2.24) is 14.9 Å². The molecule has 2 atom stereocenters. The van der Waals surface area contributed by atoms with E-state index in [1.807, 2.05) is 27.7 Å². The second-order valence-corrected chi connectivity index (χ2v) is 10.0. The zero-order valence-corrected chi connectivity index (χ0v) is 18.8.